The van der Waals surface area contributed by atoms with Crippen LogP contribution < -0.4 is 0 Å². The van der Waals surface area contributed by atoms with Crippen molar-refractivity contribution in [2.24, 2.45) is 0 Å². The maximum Gasteiger partial charge on any atom is 0.293 e. The van der Waals surface area contributed by atoms with Crippen molar-refractivity contribution in [1.29, 1.82) is 0 Å². The van der Waals surface area contributed by atoms with Gasteiger partial charge in [0.05, 0.1) is 4.91 Å². The van der Waals surface area contributed by atoms with Crippen LogP contribution in [-0.2, 0) is 4.79 Å². The molecule has 0 saturated carbocycles. The molecule has 0 aliphatic carbocycles. The first-order chi connectivity index (χ1) is 9.11. The van der Waals surface area contributed by atoms with Gasteiger partial charge in [0.15, 0.2) is 0 Å². The standard InChI is InChI=1S/C14H14BrNO2S/c1-2-3-8-16-13(17)12(19-14(16)18)9-10-4-6-11(15)7-5-10/h4-7,9H,2-3,8H2,1H3. The molecule has 1 saturated heterocycles. The zero-order valence-electron chi connectivity index (χ0n) is 10.6. The van der Waals surface area contributed by atoms with E-state index in [0.29, 0.717) is 11.4 Å². The third kappa shape index (κ3) is 3.48. The Morgan fingerprint density at radius 3 is 2.58 bits per heavy atom. The van der Waals surface area contributed by atoms with Crippen LogP contribution in [-0.4, -0.2) is 22.6 Å². The molecular weight excluding hydrogens is 326 g/mol. The normalized spacial score (nSPS) is 17.6. The Morgan fingerprint density at radius 1 is 1.26 bits per heavy atom. The number of imide groups is 1. The minimum absolute atomic E-state index is 0.165. The smallest absolute Gasteiger partial charge is 0.268 e. The van der Waals surface area contributed by atoms with Gasteiger partial charge in [-0.05, 0) is 42.0 Å². The summed E-state index contributed by atoms with van der Waals surface area (Å²) in [6.45, 7) is 2.55. The van der Waals surface area contributed by atoms with E-state index in [1.54, 1.807) is 6.08 Å². The Hall–Kier alpha value is -1.07. The van der Waals surface area contributed by atoms with Gasteiger partial charge in [0.2, 0.25) is 0 Å². The van der Waals surface area contributed by atoms with Gasteiger partial charge in [-0.1, -0.05) is 41.4 Å². The highest BCUT2D eigenvalue weighted by Gasteiger charge is 2.34. The van der Waals surface area contributed by atoms with Crippen molar-refractivity contribution < 1.29 is 9.59 Å². The van der Waals surface area contributed by atoms with E-state index in [-0.39, 0.29) is 11.1 Å². The molecule has 0 atom stereocenters. The monoisotopic (exact) mass is 339 g/mol. The molecule has 5 heteroatoms. The predicted molar refractivity (Wildman–Crippen MR) is 81.7 cm³/mol. The number of thioether (sulfide) groups is 1. The number of carbonyl (C=O) groups excluding carboxylic acids is 2. The van der Waals surface area contributed by atoms with Crippen molar-refractivity contribution >= 4 is 44.9 Å². The highest BCUT2D eigenvalue weighted by Crippen LogP contribution is 2.32. The first-order valence-electron chi connectivity index (χ1n) is 6.12. The number of unbranched alkanes of at least 4 members (excludes halogenated alkanes) is 1. The van der Waals surface area contributed by atoms with Crippen molar-refractivity contribution in [2.75, 3.05) is 6.54 Å². The molecule has 0 spiro atoms. The second-order valence-electron chi connectivity index (χ2n) is 4.24. The number of amides is 2. The maximum absolute atomic E-state index is 12.1. The summed E-state index contributed by atoms with van der Waals surface area (Å²) in [6.07, 6.45) is 3.58. The number of benzene rings is 1. The molecule has 1 aliphatic rings. The number of hydrogen-bond acceptors (Lipinski definition) is 3. The van der Waals surface area contributed by atoms with Gasteiger partial charge in [0, 0.05) is 11.0 Å². The van der Waals surface area contributed by atoms with Crippen LogP contribution in [0.5, 0.6) is 0 Å². The van der Waals surface area contributed by atoms with Gasteiger partial charge in [-0.3, -0.25) is 14.5 Å². The van der Waals surface area contributed by atoms with Crippen LogP contribution in [0.25, 0.3) is 6.08 Å². The van der Waals surface area contributed by atoms with E-state index in [0.717, 1.165) is 34.6 Å². The van der Waals surface area contributed by atoms with Gasteiger partial charge < -0.3 is 0 Å². The summed E-state index contributed by atoms with van der Waals surface area (Å²) >= 11 is 4.38. The lowest BCUT2D eigenvalue weighted by Crippen LogP contribution is -2.29. The molecule has 0 N–H and O–H groups in total. The SMILES string of the molecule is CCCCN1C(=O)SC(=Cc2ccc(Br)cc2)C1=O. The number of rotatable bonds is 4. The van der Waals surface area contributed by atoms with Gasteiger partial charge in [-0.2, -0.15) is 0 Å². The fourth-order valence-corrected chi connectivity index (χ4v) is 2.85. The predicted octanol–water partition coefficient (Wildman–Crippen LogP) is 4.29. The first kappa shape index (κ1) is 14.3. The van der Waals surface area contributed by atoms with E-state index in [9.17, 15) is 9.59 Å². The Kier molecular flexibility index (Phi) is 4.82. The van der Waals surface area contributed by atoms with Crippen LogP contribution in [0, 0.1) is 0 Å². The number of carbonyl (C=O) groups is 2. The molecule has 1 fully saturated rings. The average molecular weight is 340 g/mol. The van der Waals surface area contributed by atoms with E-state index in [1.165, 1.54) is 4.90 Å². The van der Waals surface area contributed by atoms with Gasteiger partial charge >= 0.3 is 0 Å². The van der Waals surface area contributed by atoms with E-state index in [1.807, 2.05) is 31.2 Å². The van der Waals surface area contributed by atoms with Gasteiger partial charge in [0.25, 0.3) is 11.1 Å². The molecule has 100 valence electrons. The zero-order chi connectivity index (χ0) is 13.8. The Morgan fingerprint density at radius 2 is 1.95 bits per heavy atom. The Labute approximate surface area is 125 Å². The minimum Gasteiger partial charge on any atom is -0.268 e. The van der Waals surface area contributed by atoms with Crippen LogP contribution in [0.1, 0.15) is 25.3 Å². The van der Waals surface area contributed by atoms with Crippen LogP contribution in [0.2, 0.25) is 0 Å². The summed E-state index contributed by atoms with van der Waals surface area (Å²) in [4.78, 5) is 25.7. The minimum atomic E-state index is -0.175. The first-order valence-corrected chi connectivity index (χ1v) is 7.73. The zero-order valence-corrected chi connectivity index (χ0v) is 13.0. The lowest BCUT2D eigenvalue weighted by atomic mass is 10.2. The summed E-state index contributed by atoms with van der Waals surface area (Å²) in [5.41, 5.74) is 0.921. The summed E-state index contributed by atoms with van der Waals surface area (Å²) in [5.74, 6) is -0.175. The Bertz CT molecular complexity index is 525. The highest BCUT2D eigenvalue weighted by atomic mass is 79.9. The van der Waals surface area contributed by atoms with E-state index in [4.69, 9.17) is 0 Å². The molecule has 0 unspecified atom stereocenters. The third-order valence-corrected chi connectivity index (χ3v) is 4.21. The number of nitrogens with zero attached hydrogens (tertiary/aromatic N) is 1. The van der Waals surface area contributed by atoms with Crippen molar-refractivity contribution in [3.8, 4) is 0 Å². The van der Waals surface area contributed by atoms with Crippen LogP contribution in [0.3, 0.4) is 0 Å². The molecule has 3 nitrogen and oxygen atoms in total. The van der Waals surface area contributed by atoms with E-state index < -0.39 is 0 Å². The summed E-state index contributed by atoms with van der Waals surface area (Å²) in [5, 5.41) is -0.165. The molecule has 2 rings (SSSR count). The van der Waals surface area contributed by atoms with Gasteiger partial charge in [-0.15, -0.1) is 0 Å². The van der Waals surface area contributed by atoms with E-state index in [2.05, 4.69) is 15.9 Å². The number of hydrogen-bond donors (Lipinski definition) is 0. The van der Waals surface area contributed by atoms with Crippen LogP contribution >= 0.6 is 27.7 Å². The summed E-state index contributed by atoms with van der Waals surface area (Å²) < 4.78 is 0.987. The molecule has 1 aliphatic heterocycles. The Balaban J connectivity index is 2.16. The molecule has 1 aromatic carbocycles. The molecule has 0 radical (unpaired) electrons. The summed E-state index contributed by atoms with van der Waals surface area (Å²) in [6, 6.07) is 7.63. The molecule has 2 amide bonds. The fourth-order valence-electron chi connectivity index (χ4n) is 1.72. The van der Waals surface area contributed by atoms with Crippen molar-refractivity contribution in [1.82, 2.24) is 4.90 Å². The highest BCUT2D eigenvalue weighted by molar-refractivity contribution is 9.10. The average Bonchev–Trinajstić information content (AvgIpc) is 2.65. The lowest BCUT2D eigenvalue weighted by molar-refractivity contribution is -0.122. The molecule has 0 bridgehead atoms. The second kappa shape index (κ2) is 6.39. The van der Waals surface area contributed by atoms with Crippen LogP contribution in [0.15, 0.2) is 33.6 Å². The molecular formula is C14H14BrNO2S. The topological polar surface area (TPSA) is 37.4 Å². The second-order valence-corrected chi connectivity index (χ2v) is 6.15. The molecule has 19 heavy (non-hydrogen) atoms. The van der Waals surface area contributed by atoms with Crippen molar-refractivity contribution in [3.05, 3.63) is 39.2 Å². The molecule has 1 heterocycles. The quantitative estimate of drug-likeness (QED) is 0.768. The van der Waals surface area contributed by atoms with Gasteiger partial charge in [-0.25, -0.2) is 0 Å². The largest absolute Gasteiger partial charge is 0.293 e. The van der Waals surface area contributed by atoms with Crippen molar-refractivity contribution in [2.45, 2.75) is 19.8 Å². The maximum atomic E-state index is 12.1. The lowest BCUT2D eigenvalue weighted by Gasteiger charge is -2.10. The molecule has 0 aromatic heterocycles. The fraction of sp³-hybridized carbons (Fsp3) is 0.286. The van der Waals surface area contributed by atoms with Crippen molar-refractivity contribution in [3.63, 3.8) is 0 Å². The molecule has 1 aromatic rings. The van der Waals surface area contributed by atoms with Gasteiger partial charge in [0.1, 0.15) is 0 Å². The number of halogens is 1. The van der Waals surface area contributed by atoms with E-state index >= 15 is 0 Å². The summed E-state index contributed by atoms with van der Waals surface area (Å²) in [7, 11) is 0. The van der Waals surface area contributed by atoms with Crippen LogP contribution in [0.4, 0.5) is 4.79 Å². The third-order valence-electron chi connectivity index (χ3n) is 2.78.